The molecule has 0 fully saturated rings. The number of hydrogen-bond donors (Lipinski definition) is 1. The molecule has 2 N–H and O–H groups in total. The molecule has 0 unspecified atom stereocenters. The molecular formula is C14H19N3O2. The van der Waals surface area contributed by atoms with Crippen LogP contribution in [0, 0.1) is 6.92 Å². The number of benzene rings is 1. The van der Waals surface area contributed by atoms with E-state index in [1.807, 2.05) is 44.3 Å². The number of para-hydroxylation sites is 2. The molecule has 0 atom stereocenters. The molecule has 1 heterocycles. The van der Waals surface area contributed by atoms with Crippen molar-refractivity contribution < 1.29 is 9.26 Å². The van der Waals surface area contributed by atoms with Crippen molar-refractivity contribution >= 4 is 5.69 Å². The zero-order valence-corrected chi connectivity index (χ0v) is 11.3. The summed E-state index contributed by atoms with van der Waals surface area (Å²) < 4.78 is 10.7. The second-order valence-electron chi connectivity index (χ2n) is 4.55. The number of nitrogens with two attached hydrogens (primary N) is 1. The summed E-state index contributed by atoms with van der Waals surface area (Å²) in [5, 5.41) is 3.96. The minimum absolute atomic E-state index is 0.585. The molecule has 19 heavy (non-hydrogen) atoms. The van der Waals surface area contributed by atoms with Crippen LogP contribution >= 0.6 is 0 Å². The first-order chi connectivity index (χ1) is 9.15. The molecule has 0 aliphatic heterocycles. The lowest BCUT2D eigenvalue weighted by Crippen LogP contribution is -2.24. The van der Waals surface area contributed by atoms with Crippen molar-refractivity contribution in [1.29, 1.82) is 0 Å². The normalized spacial score (nSPS) is 10.9. The Labute approximate surface area is 112 Å². The van der Waals surface area contributed by atoms with E-state index in [9.17, 15) is 0 Å². The van der Waals surface area contributed by atoms with Crippen LogP contribution in [0.5, 0.6) is 5.75 Å². The molecule has 5 heteroatoms. The number of nitrogen functional groups attached to an aromatic ring is 1. The Kier molecular flexibility index (Phi) is 4.41. The zero-order valence-electron chi connectivity index (χ0n) is 11.3. The van der Waals surface area contributed by atoms with Gasteiger partial charge in [-0.3, -0.25) is 4.90 Å². The van der Waals surface area contributed by atoms with Gasteiger partial charge in [0, 0.05) is 19.2 Å². The number of nitrogens with zero attached hydrogens (tertiary/aromatic N) is 2. The SMILES string of the molecule is Cc1cc(CN(C)CCOc2ccccc2N)no1. The Morgan fingerprint density at radius 3 is 2.84 bits per heavy atom. The summed E-state index contributed by atoms with van der Waals surface area (Å²) in [4.78, 5) is 2.12. The van der Waals surface area contributed by atoms with E-state index in [0.29, 0.717) is 12.3 Å². The van der Waals surface area contributed by atoms with E-state index in [0.717, 1.165) is 30.3 Å². The monoisotopic (exact) mass is 261 g/mol. The summed E-state index contributed by atoms with van der Waals surface area (Å²) in [6.07, 6.45) is 0. The number of anilines is 1. The third-order valence-electron chi connectivity index (χ3n) is 2.76. The van der Waals surface area contributed by atoms with Gasteiger partial charge in [0.2, 0.25) is 0 Å². The van der Waals surface area contributed by atoms with E-state index in [1.165, 1.54) is 0 Å². The molecule has 1 aromatic heterocycles. The van der Waals surface area contributed by atoms with Gasteiger partial charge < -0.3 is 15.0 Å². The van der Waals surface area contributed by atoms with E-state index in [2.05, 4.69) is 10.1 Å². The van der Waals surface area contributed by atoms with Gasteiger partial charge in [-0.2, -0.15) is 0 Å². The fourth-order valence-electron chi connectivity index (χ4n) is 1.77. The minimum Gasteiger partial charge on any atom is -0.490 e. The van der Waals surface area contributed by atoms with Gasteiger partial charge in [0.05, 0.1) is 11.4 Å². The Balaban J connectivity index is 1.75. The van der Waals surface area contributed by atoms with Crippen molar-refractivity contribution in [2.45, 2.75) is 13.5 Å². The smallest absolute Gasteiger partial charge is 0.142 e. The molecule has 0 aliphatic rings. The quantitative estimate of drug-likeness (QED) is 0.806. The lowest BCUT2D eigenvalue weighted by Gasteiger charge is -2.15. The highest BCUT2D eigenvalue weighted by atomic mass is 16.5. The summed E-state index contributed by atoms with van der Waals surface area (Å²) in [6, 6.07) is 9.44. The van der Waals surface area contributed by atoms with E-state index >= 15 is 0 Å². The van der Waals surface area contributed by atoms with Crippen LogP contribution < -0.4 is 10.5 Å². The standard InChI is InChI=1S/C14H19N3O2/c1-11-9-12(16-19-11)10-17(2)7-8-18-14-6-4-3-5-13(14)15/h3-6,9H,7-8,10,15H2,1-2H3. The van der Waals surface area contributed by atoms with Gasteiger partial charge in [0.1, 0.15) is 18.1 Å². The third-order valence-corrected chi connectivity index (χ3v) is 2.76. The Morgan fingerprint density at radius 1 is 1.37 bits per heavy atom. The maximum atomic E-state index is 5.80. The summed E-state index contributed by atoms with van der Waals surface area (Å²) >= 11 is 0. The van der Waals surface area contributed by atoms with E-state index in [-0.39, 0.29) is 0 Å². The van der Waals surface area contributed by atoms with Crippen LogP contribution in [0.3, 0.4) is 0 Å². The summed E-state index contributed by atoms with van der Waals surface area (Å²) in [5.41, 5.74) is 7.40. The van der Waals surface area contributed by atoms with Crippen LogP contribution in [0.2, 0.25) is 0 Å². The first kappa shape index (κ1) is 13.4. The van der Waals surface area contributed by atoms with Gasteiger partial charge in [-0.1, -0.05) is 17.3 Å². The molecule has 0 saturated heterocycles. The lowest BCUT2D eigenvalue weighted by molar-refractivity contribution is 0.229. The molecule has 0 spiro atoms. The fourth-order valence-corrected chi connectivity index (χ4v) is 1.77. The molecular weight excluding hydrogens is 242 g/mol. The summed E-state index contributed by atoms with van der Waals surface area (Å²) in [7, 11) is 2.02. The Morgan fingerprint density at radius 2 is 2.16 bits per heavy atom. The topological polar surface area (TPSA) is 64.5 Å². The van der Waals surface area contributed by atoms with Gasteiger partial charge in [0.25, 0.3) is 0 Å². The average Bonchev–Trinajstić information content (AvgIpc) is 2.77. The number of likely N-dealkylation sites (N-methyl/N-ethyl adjacent to an activating group) is 1. The second kappa shape index (κ2) is 6.24. The predicted molar refractivity (Wildman–Crippen MR) is 73.9 cm³/mol. The average molecular weight is 261 g/mol. The number of aryl methyl sites for hydroxylation is 1. The number of hydrogen-bond acceptors (Lipinski definition) is 5. The zero-order chi connectivity index (χ0) is 13.7. The molecule has 0 amide bonds. The number of rotatable bonds is 6. The molecule has 1 aromatic carbocycles. The molecule has 0 saturated carbocycles. The van der Waals surface area contributed by atoms with Crippen LogP contribution in [0.25, 0.3) is 0 Å². The summed E-state index contributed by atoms with van der Waals surface area (Å²) in [6.45, 7) is 4.00. The fraction of sp³-hybridized carbons (Fsp3) is 0.357. The maximum absolute atomic E-state index is 5.80. The second-order valence-corrected chi connectivity index (χ2v) is 4.55. The maximum Gasteiger partial charge on any atom is 0.142 e. The summed E-state index contributed by atoms with van der Waals surface area (Å²) in [5.74, 6) is 1.56. The van der Waals surface area contributed by atoms with Crippen LogP contribution in [-0.4, -0.2) is 30.3 Å². The number of ether oxygens (including phenoxy) is 1. The molecule has 2 aromatic rings. The van der Waals surface area contributed by atoms with Crippen molar-refractivity contribution in [3.05, 3.63) is 41.8 Å². The molecule has 5 nitrogen and oxygen atoms in total. The van der Waals surface area contributed by atoms with Crippen molar-refractivity contribution in [3.8, 4) is 5.75 Å². The molecule has 0 radical (unpaired) electrons. The molecule has 0 bridgehead atoms. The largest absolute Gasteiger partial charge is 0.490 e. The van der Waals surface area contributed by atoms with Crippen molar-refractivity contribution in [2.75, 3.05) is 25.9 Å². The van der Waals surface area contributed by atoms with Crippen LogP contribution in [0.15, 0.2) is 34.9 Å². The van der Waals surface area contributed by atoms with Crippen molar-refractivity contribution in [3.63, 3.8) is 0 Å². The van der Waals surface area contributed by atoms with E-state index in [4.69, 9.17) is 15.0 Å². The highest BCUT2D eigenvalue weighted by Crippen LogP contribution is 2.19. The predicted octanol–water partition coefficient (Wildman–Crippen LogP) is 2.08. The highest BCUT2D eigenvalue weighted by Gasteiger charge is 2.05. The highest BCUT2D eigenvalue weighted by molar-refractivity contribution is 5.51. The molecule has 0 aliphatic carbocycles. The first-order valence-corrected chi connectivity index (χ1v) is 6.23. The minimum atomic E-state index is 0.585. The van der Waals surface area contributed by atoms with Gasteiger partial charge in [0.15, 0.2) is 0 Å². The van der Waals surface area contributed by atoms with Gasteiger partial charge in [-0.05, 0) is 26.1 Å². The van der Waals surface area contributed by atoms with Crippen LogP contribution in [0.4, 0.5) is 5.69 Å². The van der Waals surface area contributed by atoms with Gasteiger partial charge >= 0.3 is 0 Å². The lowest BCUT2D eigenvalue weighted by atomic mass is 10.3. The molecule has 2 rings (SSSR count). The van der Waals surface area contributed by atoms with Crippen molar-refractivity contribution in [1.82, 2.24) is 10.1 Å². The van der Waals surface area contributed by atoms with E-state index < -0.39 is 0 Å². The van der Waals surface area contributed by atoms with Crippen molar-refractivity contribution in [2.24, 2.45) is 0 Å². The third kappa shape index (κ3) is 3.99. The Hall–Kier alpha value is -2.01. The first-order valence-electron chi connectivity index (χ1n) is 6.23. The van der Waals surface area contributed by atoms with E-state index in [1.54, 1.807) is 0 Å². The Bertz CT molecular complexity index is 525. The van der Waals surface area contributed by atoms with Crippen LogP contribution in [0.1, 0.15) is 11.5 Å². The van der Waals surface area contributed by atoms with Crippen LogP contribution in [-0.2, 0) is 6.54 Å². The molecule has 102 valence electrons. The van der Waals surface area contributed by atoms with Gasteiger partial charge in [-0.25, -0.2) is 0 Å². The van der Waals surface area contributed by atoms with Gasteiger partial charge in [-0.15, -0.1) is 0 Å². The number of aromatic nitrogens is 1.